The highest BCUT2D eigenvalue weighted by Crippen LogP contribution is 2.13. The topological polar surface area (TPSA) is 78.9 Å². The Hall–Kier alpha value is -2.37. The maximum atomic E-state index is 12.6. The van der Waals surface area contributed by atoms with Crippen LogP contribution in [0.4, 0.5) is 0 Å². The fourth-order valence-electron chi connectivity index (χ4n) is 5.83. The molecule has 0 amide bonds. The van der Waals surface area contributed by atoms with E-state index in [-0.39, 0.29) is 31.1 Å². The smallest absolute Gasteiger partial charge is 0.306 e. The number of hydrogen-bond donors (Lipinski definition) is 0. The van der Waals surface area contributed by atoms with Gasteiger partial charge in [-0.1, -0.05) is 160 Å². The van der Waals surface area contributed by atoms with Gasteiger partial charge in [0.05, 0.1) is 0 Å². The van der Waals surface area contributed by atoms with E-state index in [1.807, 2.05) is 0 Å². The van der Waals surface area contributed by atoms with Crippen molar-refractivity contribution in [2.75, 3.05) is 13.2 Å². The Balaban J connectivity index is 4.32. The number of esters is 3. The van der Waals surface area contributed by atoms with Gasteiger partial charge in [-0.25, -0.2) is 0 Å². The van der Waals surface area contributed by atoms with Gasteiger partial charge < -0.3 is 14.2 Å². The van der Waals surface area contributed by atoms with E-state index in [9.17, 15) is 14.4 Å². The molecular weight excluding hydrogens is 636 g/mol. The Kier molecular flexibility index (Phi) is 38.5. The first kappa shape index (κ1) is 48.6. The van der Waals surface area contributed by atoms with E-state index in [1.165, 1.54) is 77.0 Å². The first-order chi connectivity index (χ1) is 25.0. The summed E-state index contributed by atoms with van der Waals surface area (Å²) >= 11 is 0. The van der Waals surface area contributed by atoms with Crippen LogP contribution in [0, 0.1) is 0 Å². The van der Waals surface area contributed by atoms with Gasteiger partial charge in [0.1, 0.15) is 13.2 Å². The summed E-state index contributed by atoms with van der Waals surface area (Å²) < 4.78 is 16.6. The molecule has 0 aromatic heterocycles. The van der Waals surface area contributed by atoms with Gasteiger partial charge in [-0.2, -0.15) is 0 Å². The highest BCUT2D eigenvalue weighted by atomic mass is 16.6. The Bertz CT molecular complexity index is 876. The molecule has 6 nitrogen and oxygen atoms in total. The van der Waals surface area contributed by atoms with Crippen molar-refractivity contribution in [1.29, 1.82) is 0 Å². The van der Waals surface area contributed by atoms with Crippen molar-refractivity contribution in [1.82, 2.24) is 0 Å². The van der Waals surface area contributed by atoms with Crippen molar-refractivity contribution in [3.05, 3.63) is 36.5 Å². The third-order valence-electron chi connectivity index (χ3n) is 9.10. The summed E-state index contributed by atoms with van der Waals surface area (Å²) in [4.78, 5) is 37.4. The summed E-state index contributed by atoms with van der Waals surface area (Å²) in [5.41, 5.74) is 0. The van der Waals surface area contributed by atoms with Crippen molar-refractivity contribution in [3.63, 3.8) is 0 Å². The summed E-state index contributed by atoms with van der Waals surface area (Å²) in [5.74, 6) is -0.915. The minimum atomic E-state index is -0.775. The Morgan fingerprint density at radius 2 is 0.745 bits per heavy atom. The second kappa shape index (κ2) is 40.4. The molecule has 0 aliphatic carbocycles. The van der Waals surface area contributed by atoms with Crippen molar-refractivity contribution < 1.29 is 28.6 Å². The number of allylic oxidation sites excluding steroid dienone is 6. The quantitative estimate of drug-likeness (QED) is 0.0274. The molecule has 6 heteroatoms. The van der Waals surface area contributed by atoms with Crippen molar-refractivity contribution >= 4 is 17.9 Å². The van der Waals surface area contributed by atoms with Gasteiger partial charge in [-0.05, 0) is 70.6 Å². The molecule has 0 radical (unpaired) electrons. The molecule has 0 aliphatic heterocycles. The van der Waals surface area contributed by atoms with Gasteiger partial charge in [-0.3, -0.25) is 14.4 Å². The lowest BCUT2D eigenvalue weighted by molar-refractivity contribution is -0.167. The third kappa shape index (κ3) is 38.7. The summed E-state index contributed by atoms with van der Waals surface area (Å²) in [6, 6.07) is 0. The molecule has 51 heavy (non-hydrogen) atoms. The van der Waals surface area contributed by atoms with Gasteiger partial charge in [0, 0.05) is 19.3 Å². The average molecular weight is 717 g/mol. The van der Waals surface area contributed by atoms with E-state index in [1.54, 1.807) is 0 Å². The van der Waals surface area contributed by atoms with Crippen LogP contribution < -0.4 is 0 Å². The first-order valence-corrected chi connectivity index (χ1v) is 21.5. The summed E-state index contributed by atoms with van der Waals surface area (Å²) in [6.45, 7) is 6.47. The normalized spacial score (nSPS) is 12.3. The minimum Gasteiger partial charge on any atom is -0.462 e. The number of unbranched alkanes of at least 4 members (excludes halogenated alkanes) is 21. The van der Waals surface area contributed by atoms with Crippen molar-refractivity contribution in [2.24, 2.45) is 0 Å². The number of rotatable bonds is 38. The van der Waals surface area contributed by atoms with Gasteiger partial charge >= 0.3 is 17.9 Å². The van der Waals surface area contributed by atoms with Crippen LogP contribution in [0.5, 0.6) is 0 Å². The van der Waals surface area contributed by atoms with Gasteiger partial charge in [0.25, 0.3) is 0 Å². The van der Waals surface area contributed by atoms with Crippen LogP contribution >= 0.6 is 0 Å². The number of carbonyl (C=O) groups excluding carboxylic acids is 3. The summed E-state index contributed by atoms with van der Waals surface area (Å²) in [5, 5.41) is 0. The molecule has 0 bridgehead atoms. The molecule has 296 valence electrons. The lowest BCUT2D eigenvalue weighted by Crippen LogP contribution is -2.30. The molecule has 0 rings (SSSR count). The van der Waals surface area contributed by atoms with E-state index < -0.39 is 6.10 Å². The predicted molar refractivity (Wildman–Crippen MR) is 215 cm³/mol. The number of carbonyl (C=O) groups is 3. The highest BCUT2D eigenvalue weighted by molar-refractivity contribution is 5.71. The lowest BCUT2D eigenvalue weighted by atomic mass is 10.1. The van der Waals surface area contributed by atoms with Crippen LogP contribution in [0.3, 0.4) is 0 Å². The molecule has 0 saturated heterocycles. The van der Waals surface area contributed by atoms with Gasteiger partial charge in [0.2, 0.25) is 0 Å². The molecule has 0 aromatic rings. The number of ether oxygens (including phenoxy) is 3. The van der Waals surface area contributed by atoms with Gasteiger partial charge in [-0.15, -0.1) is 0 Å². The van der Waals surface area contributed by atoms with Crippen LogP contribution in [0.25, 0.3) is 0 Å². The Morgan fingerprint density at radius 3 is 1.18 bits per heavy atom. The summed E-state index contributed by atoms with van der Waals surface area (Å²) in [6.07, 6.45) is 44.3. The molecule has 1 atom stereocenters. The van der Waals surface area contributed by atoms with E-state index in [2.05, 4.69) is 57.2 Å². The largest absolute Gasteiger partial charge is 0.462 e. The fourth-order valence-corrected chi connectivity index (χ4v) is 5.83. The van der Waals surface area contributed by atoms with Gasteiger partial charge in [0.15, 0.2) is 6.10 Å². The van der Waals surface area contributed by atoms with E-state index in [0.29, 0.717) is 19.3 Å². The van der Waals surface area contributed by atoms with Crippen LogP contribution in [0.1, 0.15) is 213 Å². The van der Waals surface area contributed by atoms with Crippen LogP contribution in [0.15, 0.2) is 36.5 Å². The second-order valence-electron chi connectivity index (χ2n) is 14.3. The maximum Gasteiger partial charge on any atom is 0.306 e. The standard InChI is InChI=1S/C45H80O6/c1-4-7-10-13-16-18-20-22-24-25-27-29-32-35-38-44(47)50-41-42(40-49-43(46)37-34-31-15-12-9-6-3)51-45(48)39-36-33-30-28-26-23-21-19-17-14-11-8-5-2/h11,14,19-22,42H,4-10,12-13,15-18,23-41H2,1-3H3/b14-11-,21-19-,22-20-. The Labute approximate surface area is 315 Å². The Morgan fingerprint density at radius 1 is 0.392 bits per heavy atom. The maximum absolute atomic E-state index is 12.6. The zero-order valence-corrected chi connectivity index (χ0v) is 33.6. The molecule has 0 fully saturated rings. The second-order valence-corrected chi connectivity index (χ2v) is 14.3. The molecule has 0 N–H and O–H groups in total. The third-order valence-corrected chi connectivity index (χ3v) is 9.10. The molecule has 1 unspecified atom stereocenters. The van der Waals surface area contributed by atoms with Crippen LogP contribution in [-0.2, 0) is 28.6 Å². The van der Waals surface area contributed by atoms with E-state index in [4.69, 9.17) is 14.2 Å². The average Bonchev–Trinajstić information content (AvgIpc) is 3.13. The van der Waals surface area contributed by atoms with E-state index >= 15 is 0 Å². The molecule has 0 saturated carbocycles. The molecule has 0 spiro atoms. The minimum absolute atomic E-state index is 0.0805. The zero-order chi connectivity index (χ0) is 37.3. The van der Waals surface area contributed by atoms with Crippen LogP contribution in [0.2, 0.25) is 0 Å². The van der Waals surface area contributed by atoms with E-state index in [0.717, 1.165) is 96.3 Å². The SMILES string of the molecule is CCC/C=C\C/C=C\CCCCCCCC(=O)OC(COC(=O)CCCCCCCC)COC(=O)CCCCCCC/C=C\CCCCCCC. The highest BCUT2D eigenvalue weighted by Gasteiger charge is 2.19. The molecule has 0 heterocycles. The fraction of sp³-hybridized carbons (Fsp3) is 0.800. The van der Waals surface area contributed by atoms with Crippen molar-refractivity contribution in [2.45, 2.75) is 219 Å². The molecule has 0 aliphatic rings. The summed E-state index contributed by atoms with van der Waals surface area (Å²) in [7, 11) is 0. The lowest BCUT2D eigenvalue weighted by Gasteiger charge is -2.18. The first-order valence-electron chi connectivity index (χ1n) is 21.5. The zero-order valence-electron chi connectivity index (χ0n) is 33.6. The number of hydrogen-bond acceptors (Lipinski definition) is 6. The molecular formula is C45H80O6. The van der Waals surface area contributed by atoms with Crippen LogP contribution in [-0.4, -0.2) is 37.2 Å². The van der Waals surface area contributed by atoms with Crippen molar-refractivity contribution in [3.8, 4) is 0 Å². The monoisotopic (exact) mass is 717 g/mol. The predicted octanol–water partition coefficient (Wildman–Crippen LogP) is 13.4. The molecule has 0 aromatic carbocycles.